The van der Waals surface area contributed by atoms with Gasteiger partial charge in [0.1, 0.15) is 0 Å². The average Bonchev–Trinajstić information content (AvgIpc) is 2.86. The summed E-state index contributed by atoms with van der Waals surface area (Å²) in [6.07, 6.45) is 0. The fraction of sp³-hybridized carbons (Fsp3) is 0.250. The van der Waals surface area contributed by atoms with Crippen molar-refractivity contribution in [2.45, 2.75) is 39.5 Å². The van der Waals surface area contributed by atoms with Crippen molar-refractivity contribution in [3.05, 3.63) is 70.5 Å². The molecule has 0 fully saturated rings. The van der Waals surface area contributed by atoms with Gasteiger partial charge in [0, 0.05) is 0 Å². The molecular formula is C20H23N3O2S. The molecule has 0 amide bonds. The molecule has 3 rings (SSSR count). The fourth-order valence-corrected chi connectivity index (χ4v) is 4.06. The van der Waals surface area contributed by atoms with Crippen LogP contribution in [-0.2, 0) is 10.0 Å². The highest BCUT2D eigenvalue weighted by Crippen LogP contribution is 2.26. The second kappa shape index (κ2) is 6.61. The van der Waals surface area contributed by atoms with Crippen LogP contribution in [0.5, 0.6) is 0 Å². The Labute approximate surface area is 154 Å². The van der Waals surface area contributed by atoms with Crippen molar-refractivity contribution in [2.24, 2.45) is 0 Å². The number of rotatable bonds is 4. The number of aromatic nitrogens is 2. The first kappa shape index (κ1) is 18.2. The number of benzene rings is 2. The molecule has 1 heterocycles. The molecule has 0 aliphatic rings. The van der Waals surface area contributed by atoms with Gasteiger partial charge in [-0.1, -0.05) is 23.8 Å². The van der Waals surface area contributed by atoms with E-state index in [1.807, 2.05) is 58.0 Å². The predicted molar refractivity (Wildman–Crippen MR) is 104 cm³/mol. The number of hydrogen-bond acceptors (Lipinski definition) is 3. The predicted octanol–water partition coefficient (Wildman–Crippen LogP) is 4.22. The van der Waals surface area contributed by atoms with Crippen LogP contribution in [-0.4, -0.2) is 18.2 Å². The van der Waals surface area contributed by atoms with E-state index in [1.165, 1.54) is 0 Å². The first-order valence-corrected chi connectivity index (χ1v) is 9.90. The van der Waals surface area contributed by atoms with Crippen molar-refractivity contribution in [3.8, 4) is 5.69 Å². The molecule has 6 heteroatoms. The maximum atomic E-state index is 12.8. The first-order valence-electron chi connectivity index (χ1n) is 8.42. The molecule has 0 unspecified atom stereocenters. The van der Waals surface area contributed by atoms with Gasteiger partial charge < -0.3 is 0 Å². The molecule has 0 aliphatic heterocycles. The van der Waals surface area contributed by atoms with E-state index >= 15 is 0 Å². The van der Waals surface area contributed by atoms with E-state index < -0.39 is 10.0 Å². The molecule has 3 aromatic rings. The molecule has 0 spiro atoms. The van der Waals surface area contributed by atoms with Crippen LogP contribution in [0, 0.1) is 34.6 Å². The van der Waals surface area contributed by atoms with Gasteiger partial charge >= 0.3 is 0 Å². The summed E-state index contributed by atoms with van der Waals surface area (Å²) in [5, 5.41) is 4.51. The third kappa shape index (κ3) is 3.37. The molecule has 0 bridgehead atoms. The van der Waals surface area contributed by atoms with Gasteiger partial charge in [-0.2, -0.15) is 5.10 Å². The van der Waals surface area contributed by atoms with Crippen LogP contribution in [0.2, 0.25) is 0 Å². The van der Waals surface area contributed by atoms with Crippen LogP contribution in [0.25, 0.3) is 5.69 Å². The van der Waals surface area contributed by atoms with Crippen LogP contribution in [0.4, 0.5) is 5.69 Å². The normalized spacial score (nSPS) is 11.6. The minimum atomic E-state index is -3.68. The molecule has 2 aromatic carbocycles. The summed E-state index contributed by atoms with van der Waals surface area (Å²) in [7, 11) is -3.68. The van der Waals surface area contributed by atoms with E-state index in [1.54, 1.807) is 23.7 Å². The number of nitrogens with zero attached hydrogens (tertiary/aromatic N) is 2. The summed E-state index contributed by atoms with van der Waals surface area (Å²) >= 11 is 0. The summed E-state index contributed by atoms with van der Waals surface area (Å²) in [5.74, 6) is 0. The standard InChI is InChI=1S/C20H23N3O2S/c1-13-6-9-18(10-7-13)23-17(5)20(16(4)21-23)22-26(24,25)19-11-8-14(2)15(3)12-19/h6-12,22H,1-5H3. The zero-order valence-corrected chi connectivity index (χ0v) is 16.5. The number of nitrogens with one attached hydrogen (secondary N) is 1. The van der Waals surface area contributed by atoms with Crippen LogP contribution < -0.4 is 4.72 Å². The van der Waals surface area contributed by atoms with Crippen molar-refractivity contribution < 1.29 is 8.42 Å². The molecule has 0 saturated carbocycles. The number of sulfonamides is 1. The largest absolute Gasteiger partial charge is 0.276 e. The summed E-state index contributed by atoms with van der Waals surface area (Å²) in [6.45, 7) is 9.54. The number of hydrogen-bond donors (Lipinski definition) is 1. The lowest BCUT2D eigenvalue weighted by Crippen LogP contribution is -2.14. The van der Waals surface area contributed by atoms with Gasteiger partial charge in [-0.3, -0.25) is 4.72 Å². The maximum Gasteiger partial charge on any atom is 0.262 e. The topological polar surface area (TPSA) is 64.0 Å². The molecule has 1 N–H and O–H groups in total. The Morgan fingerprint density at radius 3 is 2.15 bits per heavy atom. The Balaban J connectivity index is 1.99. The zero-order chi connectivity index (χ0) is 19.1. The molecule has 26 heavy (non-hydrogen) atoms. The second-order valence-electron chi connectivity index (χ2n) is 6.64. The van der Waals surface area contributed by atoms with Crippen molar-refractivity contribution >= 4 is 15.7 Å². The van der Waals surface area contributed by atoms with Gasteiger partial charge in [0.2, 0.25) is 0 Å². The van der Waals surface area contributed by atoms with Gasteiger partial charge in [-0.05, 0) is 70.0 Å². The Morgan fingerprint density at radius 2 is 1.54 bits per heavy atom. The quantitative estimate of drug-likeness (QED) is 0.749. The third-order valence-electron chi connectivity index (χ3n) is 4.59. The van der Waals surface area contributed by atoms with E-state index in [9.17, 15) is 8.42 Å². The molecule has 0 atom stereocenters. The smallest absolute Gasteiger partial charge is 0.262 e. The summed E-state index contributed by atoms with van der Waals surface area (Å²) in [4.78, 5) is 0.252. The fourth-order valence-electron chi connectivity index (χ4n) is 2.80. The monoisotopic (exact) mass is 369 g/mol. The highest BCUT2D eigenvalue weighted by molar-refractivity contribution is 7.92. The van der Waals surface area contributed by atoms with E-state index in [0.717, 1.165) is 28.1 Å². The first-order chi connectivity index (χ1) is 12.2. The minimum Gasteiger partial charge on any atom is -0.276 e. The molecule has 0 aliphatic carbocycles. The lowest BCUT2D eigenvalue weighted by atomic mass is 10.1. The molecule has 1 aromatic heterocycles. The molecule has 5 nitrogen and oxygen atoms in total. The van der Waals surface area contributed by atoms with Gasteiger partial charge in [0.05, 0.1) is 27.7 Å². The van der Waals surface area contributed by atoms with E-state index in [0.29, 0.717) is 11.4 Å². The summed E-state index contributed by atoms with van der Waals surface area (Å²) in [5.41, 5.74) is 5.96. The Bertz CT molecular complexity index is 1070. The molecular weight excluding hydrogens is 346 g/mol. The molecule has 136 valence electrons. The number of aryl methyl sites for hydroxylation is 4. The van der Waals surface area contributed by atoms with E-state index in [4.69, 9.17) is 0 Å². The van der Waals surface area contributed by atoms with Crippen LogP contribution in [0.3, 0.4) is 0 Å². The second-order valence-corrected chi connectivity index (χ2v) is 8.33. The van der Waals surface area contributed by atoms with Gasteiger partial charge in [-0.15, -0.1) is 0 Å². The lowest BCUT2D eigenvalue weighted by Gasteiger charge is -2.10. The lowest BCUT2D eigenvalue weighted by molar-refractivity contribution is 0.601. The van der Waals surface area contributed by atoms with Crippen molar-refractivity contribution in [1.82, 2.24) is 9.78 Å². The maximum absolute atomic E-state index is 12.8. The average molecular weight is 369 g/mol. The Morgan fingerprint density at radius 1 is 0.885 bits per heavy atom. The van der Waals surface area contributed by atoms with Crippen LogP contribution in [0.1, 0.15) is 28.1 Å². The van der Waals surface area contributed by atoms with Crippen LogP contribution in [0.15, 0.2) is 47.4 Å². The van der Waals surface area contributed by atoms with E-state index in [2.05, 4.69) is 9.82 Å². The van der Waals surface area contributed by atoms with E-state index in [-0.39, 0.29) is 4.90 Å². The summed E-state index contributed by atoms with van der Waals surface area (Å²) in [6, 6.07) is 13.1. The zero-order valence-electron chi connectivity index (χ0n) is 15.7. The van der Waals surface area contributed by atoms with Gasteiger partial charge in [0.25, 0.3) is 10.0 Å². The van der Waals surface area contributed by atoms with Gasteiger partial charge in [-0.25, -0.2) is 13.1 Å². The van der Waals surface area contributed by atoms with Crippen molar-refractivity contribution in [1.29, 1.82) is 0 Å². The minimum absolute atomic E-state index is 0.252. The van der Waals surface area contributed by atoms with Crippen LogP contribution >= 0.6 is 0 Å². The highest BCUT2D eigenvalue weighted by Gasteiger charge is 2.20. The Kier molecular flexibility index (Phi) is 4.63. The Hall–Kier alpha value is -2.60. The van der Waals surface area contributed by atoms with Crippen molar-refractivity contribution in [3.63, 3.8) is 0 Å². The SMILES string of the molecule is Cc1ccc(-n2nc(C)c(NS(=O)(=O)c3ccc(C)c(C)c3)c2C)cc1. The highest BCUT2D eigenvalue weighted by atomic mass is 32.2. The van der Waals surface area contributed by atoms with Crippen molar-refractivity contribution in [2.75, 3.05) is 4.72 Å². The summed E-state index contributed by atoms with van der Waals surface area (Å²) < 4.78 is 30.1. The van der Waals surface area contributed by atoms with Gasteiger partial charge in [0.15, 0.2) is 0 Å². The number of anilines is 1. The third-order valence-corrected chi connectivity index (χ3v) is 5.94. The molecule has 0 saturated heterocycles. The molecule has 0 radical (unpaired) electrons.